The molecule has 0 bridgehead atoms. The van der Waals surface area contributed by atoms with E-state index < -0.39 is 0 Å². The predicted molar refractivity (Wildman–Crippen MR) is 228 cm³/mol. The van der Waals surface area contributed by atoms with Gasteiger partial charge in [0, 0.05) is 23.9 Å². The number of allylic oxidation sites excluding steroid dienone is 2. The largest absolute Gasteiger partial charge is 0.492 e. The van der Waals surface area contributed by atoms with E-state index in [-0.39, 0.29) is 12.3 Å². The summed E-state index contributed by atoms with van der Waals surface area (Å²) in [6, 6.07) is 2.33. The number of hydrogen-bond donors (Lipinski definition) is 3. The SMILES string of the molecule is C1=C(C2NC(C3=C4OC5C(CCC6C7CCCCC7N(C7CCCCC7)C65)C4CCC3)NC(C3CCCC4OC5CCCCC5C43)N2)CC(C2CCCCC2)CC1. The normalized spacial score (nSPS) is 49.5. The second kappa shape index (κ2) is 16.1. The summed E-state index contributed by atoms with van der Waals surface area (Å²) in [5.74, 6) is 8.61. The van der Waals surface area contributed by atoms with Crippen LogP contribution < -0.4 is 16.0 Å². The number of rotatable bonds is 5. The average Bonchev–Trinajstić information content (AvgIpc) is 3.97. The van der Waals surface area contributed by atoms with Crippen molar-refractivity contribution in [2.75, 3.05) is 0 Å². The molecule has 6 saturated carbocycles. The first kappa shape index (κ1) is 37.8. The van der Waals surface area contributed by atoms with Gasteiger partial charge in [-0.3, -0.25) is 20.9 Å². The van der Waals surface area contributed by atoms with Crippen molar-refractivity contribution in [1.82, 2.24) is 20.9 Å². The average molecular weight is 781 g/mol. The second-order valence-electron chi connectivity index (χ2n) is 22.5. The van der Waals surface area contributed by atoms with Gasteiger partial charge in [-0.25, -0.2) is 0 Å². The fraction of sp³-hybridized carbons (Fsp3) is 0.922. The van der Waals surface area contributed by atoms with Crippen molar-refractivity contribution >= 4 is 0 Å². The summed E-state index contributed by atoms with van der Waals surface area (Å²) in [4.78, 5) is 3.22. The van der Waals surface area contributed by atoms with Crippen molar-refractivity contribution in [2.45, 2.75) is 241 Å². The van der Waals surface area contributed by atoms with Gasteiger partial charge in [0.15, 0.2) is 0 Å². The summed E-state index contributed by atoms with van der Waals surface area (Å²) in [5.41, 5.74) is 3.33. The minimum atomic E-state index is 0.205. The van der Waals surface area contributed by atoms with Crippen molar-refractivity contribution in [3.8, 4) is 0 Å². The zero-order valence-corrected chi connectivity index (χ0v) is 35.7. The van der Waals surface area contributed by atoms with Crippen LogP contribution in [-0.2, 0) is 9.47 Å². The number of fused-ring (bicyclic) bond motifs is 10. The Morgan fingerprint density at radius 3 is 2.18 bits per heavy atom. The Labute approximate surface area is 346 Å². The lowest BCUT2D eigenvalue weighted by molar-refractivity contribution is -0.0306. The number of likely N-dealkylation sites (tertiary alicyclic amines) is 1. The van der Waals surface area contributed by atoms with E-state index in [9.17, 15) is 0 Å². The molecule has 10 fully saturated rings. The molecule has 0 radical (unpaired) electrons. The van der Waals surface area contributed by atoms with E-state index in [1.807, 2.05) is 0 Å². The number of ether oxygens (including phenoxy) is 2. The Balaban J connectivity index is 0.866. The van der Waals surface area contributed by atoms with Crippen LogP contribution in [0.1, 0.15) is 186 Å². The van der Waals surface area contributed by atoms with E-state index in [0.29, 0.717) is 48.3 Å². The molecule has 0 spiro atoms. The van der Waals surface area contributed by atoms with Crippen molar-refractivity contribution in [3.05, 3.63) is 23.0 Å². The molecule has 6 heteroatoms. The predicted octanol–water partition coefficient (Wildman–Crippen LogP) is 10.5. The molecule has 16 unspecified atom stereocenters. The minimum Gasteiger partial charge on any atom is -0.492 e. The van der Waals surface area contributed by atoms with Crippen LogP contribution in [0.3, 0.4) is 0 Å². The van der Waals surface area contributed by atoms with Gasteiger partial charge in [-0.15, -0.1) is 0 Å². The fourth-order valence-corrected chi connectivity index (χ4v) is 17.7. The maximum absolute atomic E-state index is 7.78. The van der Waals surface area contributed by atoms with Crippen molar-refractivity contribution in [2.24, 2.45) is 53.3 Å². The first-order valence-corrected chi connectivity index (χ1v) is 26.1. The molecule has 0 amide bonds. The standard InChI is InChI=1S/C51H80N4O2/c1-3-14-31(15-4-1)32-16-11-17-33(30-32)49-52-50(40-23-13-27-44-45(40)39-21-8-10-26-43(39)56-44)54-51(53-49)41-24-12-22-37-38-29-28-36-35-20-7-9-25-42(35)55(34-18-5-2-6-19-34)46(36)48(38)57-47(37)41/h17,31-32,34-40,42-46,48-54H,1-16,18-30H2. The zero-order chi connectivity index (χ0) is 37.5. The first-order valence-electron chi connectivity index (χ1n) is 26.1. The van der Waals surface area contributed by atoms with E-state index in [4.69, 9.17) is 9.47 Å². The third kappa shape index (κ3) is 6.71. The quantitative estimate of drug-likeness (QED) is 0.242. The molecule has 12 aliphatic rings. The van der Waals surface area contributed by atoms with Crippen LogP contribution in [0.15, 0.2) is 23.0 Å². The van der Waals surface area contributed by atoms with Gasteiger partial charge in [0.1, 0.15) is 11.9 Å². The second-order valence-corrected chi connectivity index (χ2v) is 22.5. The monoisotopic (exact) mass is 781 g/mol. The summed E-state index contributed by atoms with van der Waals surface area (Å²) in [6.45, 7) is 0. The summed E-state index contributed by atoms with van der Waals surface area (Å²) in [7, 11) is 0. The summed E-state index contributed by atoms with van der Waals surface area (Å²) in [5, 5.41) is 13.2. The van der Waals surface area contributed by atoms with Crippen molar-refractivity contribution in [3.63, 3.8) is 0 Å². The topological polar surface area (TPSA) is 57.8 Å². The molecule has 4 saturated heterocycles. The van der Waals surface area contributed by atoms with Gasteiger partial charge in [0.25, 0.3) is 0 Å². The lowest BCUT2D eigenvalue weighted by Crippen LogP contribution is -2.71. The zero-order valence-electron chi connectivity index (χ0n) is 35.7. The lowest BCUT2D eigenvalue weighted by Gasteiger charge is -2.49. The number of nitrogens with one attached hydrogen (secondary N) is 3. The number of hydrogen-bond acceptors (Lipinski definition) is 6. The van der Waals surface area contributed by atoms with Gasteiger partial charge >= 0.3 is 0 Å². The highest BCUT2D eigenvalue weighted by Crippen LogP contribution is 2.59. The highest BCUT2D eigenvalue weighted by atomic mass is 16.5. The van der Waals surface area contributed by atoms with Crippen molar-refractivity contribution in [1.29, 1.82) is 0 Å². The first-order chi connectivity index (χ1) is 28.3. The molecular formula is C51H80N4O2. The van der Waals surface area contributed by atoms with E-state index >= 15 is 0 Å². The van der Waals surface area contributed by atoms with E-state index in [1.54, 1.807) is 11.1 Å². The van der Waals surface area contributed by atoms with Gasteiger partial charge in [-0.2, -0.15) is 0 Å². The molecule has 6 nitrogen and oxygen atoms in total. The van der Waals surface area contributed by atoms with Crippen LogP contribution in [0.2, 0.25) is 0 Å². The molecular weight excluding hydrogens is 701 g/mol. The highest BCUT2D eigenvalue weighted by Gasteiger charge is 2.62. The number of nitrogens with zero attached hydrogens (tertiary/aromatic N) is 1. The maximum Gasteiger partial charge on any atom is 0.117 e. The molecule has 3 N–H and O–H groups in total. The Morgan fingerprint density at radius 2 is 1.28 bits per heavy atom. The van der Waals surface area contributed by atoms with Crippen LogP contribution in [0.5, 0.6) is 0 Å². The van der Waals surface area contributed by atoms with Crippen LogP contribution in [0, 0.1) is 53.3 Å². The molecule has 12 rings (SSSR count). The third-order valence-corrected chi connectivity index (χ3v) is 20.0. The molecule has 0 aromatic heterocycles. The van der Waals surface area contributed by atoms with Gasteiger partial charge in [0.2, 0.25) is 0 Å². The molecule has 0 aromatic rings. The van der Waals surface area contributed by atoms with Crippen LogP contribution in [0.25, 0.3) is 0 Å². The van der Waals surface area contributed by atoms with Crippen LogP contribution in [0.4, 0.5) is 0 Å². The molecule has 4 heterocycles. The minimum absolute atomic E-state index is 0.205. The van der Waals surface area contributed by atoms with Gasteiger partial charge in [-0.05, 0) is 155 Å². The highest BCUT2D eigenvalue weighted by molar-refractivity contribution is 5.29. The van der Waals surface area contributed by atoms with Crippen molar-refractivity contribution < 1.29 is 9.47 Å². The smallest absolute Gasteiger partial charge is 0.117 e. The van der Waals surface area contributed by atoms with Crippen LogP contribution >= 0.6 is 0 Å². The summed E-state index contributed by atoms with van der Waals surface area (Å²) in [6.07, 6.45) is 45.6. The fourth-order valence-electron chi connectivity index (χ4n) is 17.7. The van der Waals surface area contributed by atoms with Crippen LogP contribution in [-0.4, -0.2) is 59.8 Å². The van der Waals surface area contributed by atoms with Gasteiger partial charge in [-0.1, -0.05) is 89.5 Å². The molecule has 4 aliphatic heterocycles. The summed E-state index contributed by atoms with van der Waals surface area (Å²) < 4.78 is 14.8. The maximum atomic E-state index is 7.78. The summed E-state index contributed by atoms with van der Waals surface area (Å²) >= 11 is 0. The molecule has 16 atom stereocenters. The molecule has 0 aromatic carbocycles. The Hall–Kier alpha value is -0.920. The Morgan fingerprint density at radius 1 is 0.544 bits per heavy atom. The molecule has 8 aliphatic carbocycles. The molecule has 57 heavy (non-hydrogen) atoms. The Bertz CT molecular complexity index is 1500. The third-order valence-electron chi connectivity index (χ3n) is 20.0. The van der Waals surface area contributed by atoms with Gasteiger partial charge < -0.3 is 9.47 Å². The van der Waals surface area contributed by atoms with E-state index in [1.165, 1.54) is 192 Å². The molecule has 316 valence electrons. The van der Waals surface area contributed by atoms with Gasteiger partial charge in [0.05, 0.1) is 36.7 Å². The lowest BCUT2D eigenvalue weighted by atomic mass is 9.66. The van der Waals surface area contributed by atoms with E-state index in [2.05, 4.69) is 26.9 Å². The van der Waals surface area contributed by atoms with E-state index in [0.717, 1.165) is 47.6 Å². The Kier molecular flexibility index (Phi) is 10.7.